The van der Waals surface area contributed by atoms with E-state index in [-0.39, 0.29) is 12.2 Å². The summed E-state index contributed by atoms with van der Waals surface area (Å²) in [6.07, 6.45) is 5.50. The summed E-state index contributed by atoms with van der Waals surface area (Å²) in [6.45, 7) is 2.03. The van der Waals surface area contributed by atoms with E-state index in [4.69, 9.17) is 4.74 Å². The van der Waals surface area contributed by atoms with E-state index in [1.807, 2.05) is 0 Å². The number of hydrogen-bond donors (Lipinski definition) is 0. The average Bonchev–Trinajstić information content (AvgIpc) is 2.64. The Kier molecular flexibility index (Phi) is 5.84. The van der Waals surface area contributed by atoms with Crippen LogP contribution in [0.25, 0.3) is 0 Å². The van der Waals surface area contributed by atoms with E-state index in [0.717, 1.165) is 49.3 Å². The summed E-state index contributed by atoms with van der Waals surface area (Å²) in [4.78, 5) is 0. The molecule has 3 rings (SSSR count). The van der Waals surface area contributed by atoms with Gasteiger partial charge >= 0.3 is 0 Å². The van der Waals surface area contributed by atoms with Gasteiger partial charge < -0.3 is 4.74 Å². The highest BCUT2D eigenvalue weighted by Crippen LogP contribution is 2.38. The molecular formula is C21H22F4O. The predicted molar refractivity (Wildman–Crippen MR) is 92.0 cm³/mol. The van der Waals surface area contributed by atoms with Crippen LogP contribution in [0.1, 0.15) is 56.1 Å². The Morgan fingerprint density at radius 2 is 1.54 bits per heavy atom. The van der Waals surface area contributed by atoms with Gasteiger partial charge in [0.25, 0.3) is 0 Å². The van der Waals surface area contributed by atoms with Crippen LogP contribution in [-0.4, -0.2) is 0 Å². The molecule has 0 saturated heterocycles. The van der Waals surface area contributed by atoms with Gasteiger partial charge in [0.05, 0.1) is 0 Å². The van der Waals surface area contributed by atoms with Crippen LogP contribution < -0.4 is 4.74 Å². The van der Waals surface area contributed by atoms with Gasteiger partial charge in [0.2, 0.25) is 0 Å². The van der Waals surface area contributed by atoms with Crippen molar-refractivity contribution in [3.63, 3.8) is 0 Å². The van der Waals surface area contributed by atoms with Crippen molar-refractivity contribution >= 4 is 0 Å². The molecule has 0 amide bonds. The fourth-order valence-electron chi connectivity index (χ4n) is 3.67. The molecule has 0 aromatic heterocycles. The maximum Gasteiger partial charge on any atom is 0.194 e. The van der Waals surface area contributed by atoms with Gasteiger partial charge in [-0.3, -0.25) is 0 Å². The number of halogens is 4. The van der Waals surface area contributed by atoms with Gasteiger partial charge in [0.15, 0.2) is 17.5 Å². The van der Waals surface area contributed by atoms with Gasteiger partial charge in [-0.2, -0.15) is 0 Å². The highest BCUT2D eigenvalue weighted by Gasteiger charge is 2.22. The summed E-state index contributed by atoms with van der Waals surface area (Å²) in [5.41, 5.74) is 1.04. The zero-order valence-corrected chi connectivity index (χ0v) is 14.7. The Labute approximate surface area is 151 Å². The van der Waals surface area contributed by atoms with Gasteiger partial charge in [-0.15, -0.1) is 0 Å². The van der Waals surface area contributed by atoms with Crippen molar-refractivity contribution in [2.24, 2.45) is 5.92 Å². The van der Waals surface area contributed by atoms with E-state index in [2.05, 4.69) is 6.92 Å². The molecule has 1 aliphatic carbocycles. The van der Waals surface area contributed by atoms with Crippen LogP contribution in [-0.2, 0) is 6.61 Å². The third kappa shape index (κ3) is 4.37. The minimum atomic E-state index is -1.51. The molecule has 0 radical (unpaired) electrons. The lowest BCUT2D eigenvalue weighted by Crippen LogP contribution is -2.13. The molecule has 0 atom stereocenters. The number of hydrogen-bond acceptors (Lipinski definition) is 1. The summed E-state index contributed by atoms with van der Waals surface area (Å²) in [6, 6.07) is 6.32. The van der Waals surface area contributed by atoms with Crippen LogP contribution >= 0.6 is 0 Å². The van der Waals surface area contributed by atoms with Gasteiger partial charge in [0.1, 0.15) is 18.2 Å². The standard InChI is InChI=1S/C21H22F4O/c1-2-13-3-5-15(6-4-13)16-9-17(22)11-18(10-16)26-12-14-7-19(23)21(25)20(24)8-14/h7-11,13,15H,2-6,12H2,1H3. The lowest BCUT2D eigenvalue weighted by molar-refractivity contribution is 0.298. The van der Waals surface area contributed by atoms with Crippen molar-refractivity contribution in [3.05, 3.63) is 64.7 Å². The van der Waals surface area contributed by atoms with Gasteiger partial charge in [-0.05, 0) is 72.9 Å². The minimum Gasteiger partial charge on any atom is -0.489 e. The second-order valence-corrected chi connectivity index (χ2v) is 7.01. The second kappa shape index (κ2) is 8.11. The monoisotopic (exact) mass is 366 g/mol. The molecule has 1 saturated carbocycles. The van der Waals surface area contributed by atoms with Crippen molar-refractivity contribution in [2.45, 2.75) is 51.6 Å². The van der Waals surface area contributed by atoms with Crippen LogP contribution in [0.3, 0.4) is 0 Å². The number of benzene rings is 2. The molecule has 140 valence electrons. The topological polar surface area (TPSA) is 9.23 Å². The summed E-state index contributed by atoms with van der Waals surface area (Å²) < 4.78 is 59.0. The van der Waals surface area contributed by atoms with E-state index < -0.39 is 23.3 Å². The first kappa shape index (κ1) is 18.7. The first-order valence-electron chi connectivity index (χ1n) is 9.03. The van der Waals surface area contributed by atoms with Crippen LogP contribution in [0.2, 0.25) is 0 Å². The molecule has 26 heavy (non-hydrogen) atoms. The van der Waals surface area contributed by atoms with E-state index >= 15 is 0 Å². The smallest absolute Gasteiger partial charge is 0.194 e. The first-order valence-corrected chi connectivity index (χ1v) is 9.03. The molecule has 0 N–H and O–H groups in total. The van der Waals surface area contributed by atoms with Crippen molar-refractivity contribution in [1.29, 1.82) is 0 Å². The lowest BCUT2D eigenvalue weighted by atomic mass is 9.78. The summed E-state index contributed by atoms with van der Waals surface area (Å²) in [5.74, 6) is -3.08. The fourth-order valence-corrected chi connectivity index (χ4v) is 3.67. The zero-order chi connectivity index (χ0) is 18.7. The Balaban J connectivity index is 1.70. The zero-order valence-electron chi connectivity index (χ0n) is 14.7. The third-order valence-corrected chi connectivity index (χ3v) is 5.24. The summed E-state index contributed by atoms with van der Waals surface area (Å²) in [5, 5.41) is 0. The average molecular weight is 366 g/mol. The lowest BCUT2D eigenvalue weighted by Gasteiger charge is -2.28. The maximum atomic E-state index is 14.0. The van der Waals surface area contributed by atoms with Crippen molar-refractivity contribution in [3.8, 4) is 5.75 Å². The molecule has 0 heterocycles. The molecule has 0 spiro atoms. The Hall–Kier alpha value is -2.04. The van der Waals surface area contributed by atoms with Crippen molar-refractivity contribution in [1.82, 2.24) is 0 Å². The van der Waals surface area contributed by atoms with Crippen molar-refractivity contribution < 1.29 is 22.3 Å². The molecule has 1 aliphatic rings. The second-order valence-electron chi connectivity index (χ2n) is 7.01. The molecule has 2 aromatic carbocycles. The van der Waals surface area contributed by atoms with Crippen LogP contribution in [0, 0.1) is 29.2 Å². The molecule has 0 aliphatic heterocycles. The predicted octanol–water partition coefficient (Wildman–Crippen LogP) is 6.51. The quantitative estimate of drug-likeness (QED) is 0.433. The van der Waals surface area contributed by atoms with Gasteiger partial charge in [-0.1, -0.05) is 13.3 Å². The molecule has 2 aromatic rings. The highest BCUT2D eigenvalue weighted by molar-refractivity contribution is 5.32. The Morgan fingerprint density at radius 1 is 0.885 bits per heavy atom. The molecule has 1 nitrogen and oxygen atoms in total. The van der Waals surface area contributed by atoms with Gasteiger partial charge in [0, 0.05) is 6.07 Å². The van der Waals surface area contributed by atoms with Gasteiger partial charge in [-0.25, -0.2) is 17.6 Å². The normalized spacial score (nSPS) is 20.2. The van der Waals surface area contributed by atoms with E-state index in [0.29, 0.717) is 11.7 Å². The molecule has 0 unspecified atom stereocenters. The number of ether oxygens (including phenoxy) is 1. The fraction of sp³-hybridized carbons (Fsp3) is 0.429. The van der Waals surface area contributed by atoms with E-state index in [9.17, 15) is 17.6 Å². The third-order valence-electron chi connectivity index (χ3n) is 5.24. The van der Waals surface area contributed by atoms with E-state index in [1.54, 1.807) is 6.07 Å². The highest BCUT2D eigenvalue weighted by atomic mass is 19.2. The molecule has 1 fully saturated rings. The van der Waals surface area contributed by atoms with E-state index in [1.165, 1.54) is 18.6 Å². The van der Waals surface area contributed by atoms with Crippen LogP contribution in [0.4, 0.5) is 17.6 Å². The number of rotatable bonds is 5. The Bertz CT molecular complexity index is 744. The SMILES string of the molecule is CCC1CCC(c2cc(F)cc(OCc3cc(F)c(F)c(F)c3)c2)CC1. The molecular weight excluding hydrogens is 344 g/mol. The maximum absolute atomic E-state index is 14.0. The largest absolute Gasteiger partial charge is 0.489 e. The minimum absolute atomic E-state index is 0.149. The Morgan fingerprint density at radius 3 is 2.15 bits per heavy atom. The molecule has 0 bridgehead atoms. The first-order chi connectivity index (χ1) is 12.5. The van der Waals surface area contributed by atoms with Crippen LogP contribution in [0.15, 0.2) is 30.3 Å². The summed E-state index contributed by atoms with van der Waals surface area (Å²) in [7, 11) is 0. The molecule has 5 heteroatoms. The van der Waals surface area contributed by atoms with Crippen LogP contribution in [0.5, 0.6) is 5.75 Å². The van der Waals surface area contributed by atoms with Crippen molar-refractivity contribution in [2.75, 3.05) is 0 Å². The summed E-state index contributed by atoms with van der Waals surface area (Å²) >= 11 is 0.